The molecule has 4 rings (SSSR count). The van der Waals surface area contributed by atoms with Gasteiger partial charge in [-0.3, -0.25) is 14.4 Å². The smallest absolute Gasteiger partial charge is 0.278 e. The maximum Gasteiger partial charge on any atom is 0.278 e. The Morgan fingerprint density at radius 2 is 1.49 bits per heavy atom. The van der Waals surface area contributed by atoms with E-state index in [9.17, 15) is 22.8 Å². The normalized spacial score (nSPS) is 11.7. The first-order valence-electron chi connectivity index (χ1n) is 20.3. The van der Waals surface area contributed by atoms with Crippen molar-refractivity contribution in [1.29, 1.82) is 0 Å². The van der Waals surface area contributed by atoms with Crippen LogP contribution in [0.2, 0.25) is 0 Å². The van der Waals surface area contributed by atoms with Gasteiger partial charge in [0.15, 0.2) is 11.5 Å². The summed E-state index contributed by atoms with van der Waals surface area (Å²) in [5.41, 5.74) is 0.835. The number of para-hydroxylation sites is 1. The molecule has 0 unspecified atom stereocenters. The van der Waals surface area contributed by atoms with E-state index in [2.05, 4.69) is 27.2 Å². The van der Waals surface area contributed by atoms with Crippen LogP contribution in [0.5, 0.6) is 11.5 Å². The SMILES string of the molecule is CCCCCCCCCCCCNS(=O)(=O)c1ccc(OC)c(NC(=O)/C(=N/c2ccc(N(CC)CC)cc2OC)c2nc3c(NC(C)=O)cccc3c(=O)n2SC)c1. The molecule has 3 N–H and O–H groups in total. The summed E-state index contributed by atoms with van der Waals surface area (Å²) >= 11 is 1.02. The average molecular weight is 850 g/mol. The number of hydrogen-bond acceptors (Lipinski definition) is 11. The van der Waals surface area contributed by atoms with E-state index >= 15 is 0 Å². The number of nitrogens with one attached hydrogen (secondary N) is 3. The zero-order chi connectivity index (χ0) is 43.0. The molecule has 0 aliphatic rings. The van der Waals surface area contributed by atoms with Crippen LogP contribution >= 0.6 is 11.9 Å². The lowest BCUT2D eigenvalue weighted by molar-refractivity contribution is -0.114. The second-order valence-corrected chi connectivity index (χ2v) is 16.5. The van der Waals surface area contributed by atoms with Gasteiger partial charge >= 0.3 is 0 Å². The fourth-order valence-electron chi connectivity index (χ4n) is 6.71. The summed E-state index contributed by atoms with van der Waals surface area (Å²) in [4.78, 5) is 52.4. The number of carbonyl (C=O) groups excluding carboxylic acids is 2. The Balaban J connectivity index is 1.73. The van der Waals surface area contributed by atoms with Gasteiger partial charge in [-0.25, -0.2) is 27.1 Å². The quantitative estimate of drug-likeness (QED) is 0.0460. The minimum absolute atomic E-state index is 0.0497. The zero-order valence-electron chi connectivity index (χ0n) is 35.4. The Bertz CT molecular complexity index is 2260. The maximum atomic E-state index is 14.6. The highest BCUT2D eigenvalue weighted by Crippen LogP contribution is 2.34. The van der Waals surface area contributed by atoms with Crippen molar-refractivity contribution in [2.75, 3.05) is 55.6 Å². The van der Waals surface area contributed by atoms with Gasteiger partial charge in [0.1, 0.15) is 22.7 Å². The van der Waals surface area contributed by atoms with Crippen LogP contribution in [0.1, 0.15) is 97.7 Å². The molecule has 59 heavy (non-hydrogen) atoms. The topological polar surface area (TPSA) is 173 Å². The van der Waals surface area contributed by atoms with Gasteiger partial charge in [-0.15, -0.1) is 0 Å². The molecule has 0 saturated heterocycles. The van der Waals surface area contributed by atoms with Crippen LogP contribution in [0.15, 0.2) is 69.3 Å². The number of sulfonamides is 1. The molecule has 16 heteroatoms. The van der Waals surface area contributed by atoms with Gasteiger partial charge in [-0.1, -0.05) is 70.8 Å². The lowest BCUT2D eigenvalue weighted by Crippen LogP contribution is -2.32. The van der Waals surface area contributed by atoms with Gasteiger partial charge in [0.2, 0.25) is 15.9 Å². The number of ether oxygens (including phenoxy) is 2. The number of aromatic nitrogens is 2. The molecule has 0 fully saturated rings. The molecule has 2 amide bonds. The van der Waals surface area contributed by atoms with Gasteiger partial charge < -0.3 is 25.0 Å². The van der Waals surface area contributed by atoms with Crippen LogP contribution in [0, 0.1) is 0 Å². The second kappa shape index (κ2) is 23.0. The number of rotatable bonds is 24. The number of amides is 2. The van der Waals surface area contributed by atoms with Crippen molar-refractivity contribution in [1.82, 2.24) is 13.7 Å². The highest BCUT2D eigenvalue weighted by Gasteiger charge is 2.26. The molecule has 0 spiro atoms. The molecule has 320 valence electrons. The molecular formula is C43H59N7O7S2. The number of benzene rings is 3. The van der Waals surface area contributed by atoms with Crippen molar-refractivity contribution in [3.63, 3.8) is 0 Å². The van der Waals surface area contributed by atoms with Gasteiger partial charge in [0.25, 0.3) is 11.5 Å². The average Bonchev–Trinajstić information content (AvgIpc) is 3.22. The Morgan fingerprint density at radius 3 is 2.10 bits per heavy atom. The summed E-state index contributed by atoms with van der Waals surface area (Å²) in [6, 6.07) is 14.4. The molecule has 0 radical (unpaired) electrons. The number of unbranched alkanes of at least 4 members (excludes halogenated alkanes) is 9. The van der Waals surface area contributed by atoms with E-state index in [1.165, 1.54) is 81.8 Å². The van der Waals surface area contributed by atoms with E-state index in [1.807, 2.05) is 26.0 Å². The predicted molar refractivity (Wildman–Crippen MR) is 241 cm³/mol. The van der Waals surface area contributed by atoms with Crippen LogP contribution in [0.3, 0.4) is 0 Å². The first-order valence-corrected chi connectivity index (χ1v) is 23.0. The summed E-state index contributed by atoms with van der Waals surface area (Å²) in [6.45, 7) is 9.40. The van der Waals surface area contributed by atoms with E-state index in [1.54, 1.807) is 30.5 Å². The minimum atomic E-state index is -3.96. The fourth-order valence-corrected chi connectivity index (χ4v) is 8.37. The summed E-state index contributed by atoms with van der Waals surface area (Å²) in [5.74, 6) is -0.775. The van der Waals surface area contributed by atoms with Gasteiger partial charge in [-0.05, 0) is 74.7 Å². The van der Waals surface area contributed by atoms with Crippen molar-refractivity contribution >= 4 is 73.1 Å². The predicted octanol–water partition coefficient (Wildman–Crippen LogP) is 8.30. The zero-order valence-corrected chi connectivity index (χ0v) is 37.0. The van der Waals surface area contributed by atoms with Gasteiger partial charge in [0.05, 0.1) is 35.9 Å². The van der Waals surface area contributed by atoms with Crippen LogP contribution in [0.25, 0.3) is 10.9 Å². The first kappa shape index (κ1) is 46.8. The highest BCUT2D eigenvalue weighted by molar-refractivity contribution is 7.97. The summed E-state index contributed by atoms with van der Waals surface area (Å²) in [6.07, 6.45) is 13.0. The third-order valence-corrected chi connectivity index (χ3v) is 12.0. The molecular weight excluding hydrogens is 791 g/mol. The molecule has 1 heterocycles. The third kappa shape index (κ3) is 12.5. The molecule has 14 nitrogen and oxygen atoms in total. The van der Waals surface area contributed by atoms with Crippen molar-refractivity contribution in [3.05, 3.63) is 70.8 Å². The summed E-state index contributed by atoms with van der Waals surface area (Å²) < 4.78 is 42.2. The number of methoxy groups -OCH3 is 2. The molecule has 1 aromatic heterocycles. The van der Waals surface area contributed by atoms with E-state index in [0.717, 1.165) is 50.0 Å². The maximum absolute atomic E-state index is 14.6. The van der Waals surface area contributed by atoms with Crippen LogP contribution in [-0.4, -0.2) is 75.0 Å². The van der Waals surface area contributed by atoms with Crippen LogP contribution < -0.4 is 35.3 Å². The number of fused-ring (bicyclic) bond motifs is 1. The number of anilines is 3. The molecule has 0 atom stereocenters. The Kier molecular flexibility index (Phi) is 18.2. The fraction of sp³-hybridized carbons (Fsp3) is 0.465. The Morgan fingerprint density at radius 1 is 0.831 bits per heavy atom. The number of aliphatic imine (C=N–C) groups is 1. The van der Waals surface area contributed by atoms with E-state index in [-0.39, 0.29) is 62.6 Å². The minimum Gasteiger partial charge on any atom is -0.495 e. The Hall–Kier alpha value is -4.93. The van der Waals surface area contributed by atoms with Gasteiger partial charge in [-0.2, -0.15) is 0 Å². The molecule has 0 aliphatic carbocycles. The molecule has 3 aromatic carbocycles. The van der Waals surface area contributed by atoms with Crippen LogP contribution in [-0.2, 0) is 19.6 Å². The van der Waals surface area contributed by atoms with E-state index in [0.29, 0.717) is 12.2 Å². The summed E-state index contributed by atoms with van der Waals surface area (Å²) in [5, 5.41) is 5.71. The molecule has 0 bridgehead atoms. The second-order valence-electron chi connectivity index (χ2n) is 14.0. The standard InChI is InChI=1S/C43H59N7O7S2/c1-8-11-12-13-14-15-16-17-18-19-27-44-59(54,55)32-24-26-37(56-5)36(29-32)47-42(52)40(46-34-25-23-31(28-38(34)57-6)49(9-2)10-3)41-48-39-33(43(53)50(41)58-7)21-20-22-35(39)45-30(4)51/h20-26,28-29,44H,8-19,27H2,1-7H3,(H,45,51)(H,47,52)/b46-40+. The van der Waals surface area contributed by atoms with Crippen molar-refractivity contribution in [2.24, 2.45) is 4.99 Å². The van der Waals surface area contributed by atoms with Crippen LogP contribution in [0.4, 0.5) is 22.7 Å². The third-order valence-electron chi connectivity index (χ3n) is 9.86. The number of hydrogen-bond donors (Lipinski definition) is 3. The van der Waals surface area contributed by atoms with E-state index in [4.69, 9.17) is 19.5 Å². The van der Waals surface area contributed by atoms with Crippen molar-refractivity contribution in [3.8, 4) is 11.5 Å². The van der Waals surface area contributed by atoms with Crippen molar-refractivity contribution in [2.45, 2.75) is 96.8 Å². The Labute approximate surface area is 352 Å². The van der Waals surface area contributed by atoms with Gasteiger partial charge in [0, 0.05) is 44.6 Å². The monoisotopic (exact) mass is 849 g/mol. The van der Waals surface area contributed by atoms with E-state index < -0.39 is 21.5 Å². The number of carbonyl (C=O) groups is 2. The summed E-state index contributed by atoms with van der Waals surface area (Å²) in [7, 11) is -1.06. The highest BCUT2D eigenvalue weighted by atomic mass is 32.2. The molecule has 0 aliphatic heterocycles. The first-order chi connectivity index (χ1) is 28.4. The van der Waals surface area contributed by atoms with Crippen molar-refractivity contribution < 1.29 is 27.5 Å². The molecule has 0 saturated carbocycles. The lowest BCUT2D eigenvalue weighted by atomic mass is 10.1. The largest absolute Gasteiger partial charge is 0.495 e. The lowest BCUT2D eigenvalue weighted by Gasteiger charge is -2.22. The molecule has 4 aromatic rings. The number of nitrogens with zero attached hydrogens (tertiary/aromatic N) is 4.